The Balaban J connectivity index is 0.00000131. The molecule has 0 fully saturated rings. The van der Waals surface area contributed by atoms with Crippen molar-refractivity contribution in [2.24, 2.45) is 0 Å². The van der Waals surface area contributed by atoms with Gasteiger partial charge in [-0.3, -0.25) is 19.8 Å². The van der Waals surface area contributed by atoms with Crippen molar-refractivity contribution in [3.63, 3.8) is 0 Å². The first-order valence-electron chi connectivity index (χ1n) is 11.7. The predicted molar refractivity (Wildman–Crippen MR) is 153 cm³/mol. The zero-order chi connectivity index (χ0) is 29.8. The molecule has 0 aliphatic carbocycles. The van der Waals surface area contributed by atoms with Crippen LogP contribution in [0.2, 0.25) is 10.0 Å². The van der Waals surface area contributed by atoms with Crippen LogP contribution >= 0.6 is 39.1 Å². The van der Waals surface area contributed by atoms with Gasteiger partial charge in [0.1, 0.15) is 10.3 Å². The number of nitrogens with zero attached hydrogens (tertiary/aromatic N) is 4. The first-order valence-corrected chi connectivity index (χ1v) is 13.2. The highest BCUT2D eigenvalue weighted by atomic mass is 79.9. The van der Waals surface area contributed by atoms with E-state index in [1.807, 2.05) is 6.92 Å². The molecule has 0 unspecified atom stereocenters. The van der Waals surface area contributed by atoms with Gasteiger partial charge in [0.2, 0.25) is 0 Å². The summed E-state index contributed by atoms with van der Waals surface area (Å²) in [5.41, 5.74) is 3.31. The van der Waals surface area contributed by atoms with Crippen LogP contribution in [0.25, 0.3) is 5.82 Å². The molecule has 0 spiro atoms. The third-order valence-electron chi connectivity index (χ3n) is 5.00. The third-order valence-corrected chi connectivity index (χ3v) is 5.90. The van der Waals surface area contributed by atoms with Gasteiger partial charge in [-0.15, -0.1) is 0 Å². The van der Waals surface area contributed by atoms with Crippen molar-refractivity contribution in [2.45, 2.75) is 26.7 Å². The van der Waals surface area contributed by atoms with E-state index in [1.165, 1.54) is 37.2 Å². The molecule has 3 amide bonds. The normalized spacial score (nSPS) is 10.1. The summed E-state index contributed by atoms with van der Waals surface area (Å²) in [5.74, 6) is -1.00. The van der Waals surface area contributed by atoms with Gasteiger partial charge in [0.15, 0.2) is 5.82 Å². The SMILES string of the molecule is CCCCOC(=O)N(C)NC(=O)c1cc(Cl)cc(C)c1NC(=O)c1cc(Br)nn1-c1ncccc1Cl.COC=O. The number of unbranched alkanes of at least 4 members (excludes halogenated alkanes) is 1. The molecule has 0 bridgehead atoms. The van der Waals surface area contributed by atoms with Crippen molar-refractivity contribution in [2.75, 3.05) is 26.1 Å². The molecule has 2 heterocycles. The number of rotatable bonds is 8. The second-order valence-corrected chi connectivity index (χ2v) is 9.63. The van der Waals surface area contributed by atoms with Gasteiger partial charge >= 0.3 is 6.09 Å². The van der Waals surface area contributed by atoms with Crippen molar-refractivity contribution in [1.82, 2.24) is 25.2 Å². The van der Waals surface area contributed by atoms with Gasteiger partial charge in [-0.2, -0.15) is 5.10 Å². The molecule has 15 heteroatoms. The fraction of sp³-hybridized carbons (Fsp3) is 0.280. The van der Waals surface area contributed by atoms with Gasteiger partial charge in [-0.1, -0.05) is 36.5 Å². The maximum atomic E-state index is 13.3. The van der Waals surface area contributed by atoms with Gasteiger partial charge < -0.3 is 14.8 Å². The number of hydrazine groups is 1. The molecule has 2 aromatic heterocycles. The first-order chi connectivity index (χ1) is 19.0. The van der Waals surface area contributed by atoms with E-state index in [-0.39, 0.29) is 34.4 Å². The van der Waals surface area contributed by atoms with Crippen LogP contribution in [0.3, 0.4) is 0 Å². The summed E-state index contributed by atoms with van der Waals surface area (Å²) in [5, 5.41) is 8.49. The van der Waals surface area contributed by atoms with Gasteiger partial charge in [0.05, 0.1) is 30.0 Å². The Morgan fingerprint density at radius 1 is 1.20 bits per heavy atom. The van der Waals surface area contributed by atoms with Crippen LogP contribution in [0.15, 0.2) is 41.1 Å². The number of halogens is 3. The quantitative estimate of drug-likeness (QED) is 0.191. The number of nitrogens with one attached hydrogen (secondary N) is 2. The van der Waals surface area contributed by atoms with Gasteiger partial charge in [-0.25, -0.2) is 19.5 Å². The average Bonchev–Trinajstić information content (AvgIpc) is 3.31. The summed E-state index contributed by atoms with van der Waals surface area (Å²) >= 11 is 15.7. The second kappa shape index (κ2) is 15.8. The number of carbonyl (C=O) groups is 4. The van der Waals surface area contributed by atoms with Gasteiger partial charge in [0.25, 0.3) is 18.3 Å². The first kappa shape index (κ1) is 32.5. The highest BCUT2D eigenvalue weighted by Gasteiger charge is 2.24. The Morgan fingerprint density at radius 3 is 2.52 bits per heavy atom. The van der Waals surface area contributed by atoms with E-state index >= 15 is 0 Å². The Labute approximate surface area is 249 Å². The zero-order valence-corrected chi connectivity index (χ0v) is 25.1. The molecule has 2 N–H and O–H groups in total. The number of aryl methyl sites for hydroxylation is 1. The Bertz CT molecular complexity index is 1370. The van der Waals surface area contributed by atoms with Crippen molar-refractivity contribution < 1.29 is 28.7 Å². The smallest absolute Gasteiger partial charge is 0.428 e. The van der Waals surface area contributed by atoms with E-state index in [1.54, 1.807) is 25.1 Å². The van der Waals surface area contributed by atoms with E-state index in [4.69, 9.17) is 32.7 Å². The van der Waals surface area contributed by atoms with Crippen LogP contribution in [0.1, 0.15) is 46.2 Å². The fourth-order valence-electron chi connectivity index (χ4n) is 3.13. The van der Waals surface area contributed by atoms with E-state index in [9.17, 15) is 14.4 Å². The molecule has 0 saturated carbocycles. The molecule has 3 aromatic rings. The van der Waals surface area contributed by atoms with Crippen LogP contribution in [-0.2, 0) is 14.3 Å². The maximum absolute atomic E-state index is 13.3. The topological polar surface area (TPSA) is 145 Å². The number of methoxy groups -OCH3 is 1. The molecule has 1 aromatic carbocycles. The van der Waals surface area contributed by atoms with Crippen LogP contribution in [0.5, 0.6) is 0 Å². The van der Waals surface area contributed by atoms with Gasteiger partial charge in [0, 0.05) is 24.3 Å². The Kier molecular flexibility index (Phi) is 12.8. The molecule has 0 radical (unpaired) electrons. The summed E-state index contributed by atoms with van der Waals surface area (Å²) in [6.45, 7) is 4.26. The molecule has 0 aliphatic rings. The van der Waals surface area contributed by atoms with Crippen LogP contribution in [0, 0.1) is 6.92 Å². The van der Waals surface area contributed by atoms with Crippen LogP contribution in [-0.4, -0.2) is 64.9 Å². The van der Waals surface area contributed by atoms with Crippen molar-refractivity contribution >= 4 is 69.2 Å². The lowest BCUT2D eigenvalue weighted by Crippen LogP contribution is -2.44. The Morgan fingerprint density at radius 2 is 1.90 bits per heavy atom. The highest BCUT2D eigenvalue weighted by Crippen LogP contribution is 2.28. The molecular formula is C25H27BrCl2N6O6. The summed E-state index contributed by atoms with van der Waals surface area (Å²) in [6, 6.07) is 7.75. The van der Waals surface area contributed by atoms with Crippen molar-refractivity contribution in [3.05, 3.63) is 68.0 Å². The monoisotopic (exact) mass is 656 g/mol. The largest absolute Gasteiger partial charge is 0.471 e. The minimum absolute atomic E-state index is 0.0440. The number of aromatic nitrogens is 3. The third kappa shape index (κ3) is 8.93. The number of carbonyl (C=O) groups excluding carboxylic acids is 4. The molecule has 12 nitrogen and oxygen atoms in total. The van der Waals surface area contributed by atoms with Crippen molar-refractivity contribution in [3.8, 4) is 5.82 Å². The van der Waals surface area contributed by atoms with E-state index in [0.29, 0.717) is 28.1 Å². The lowest BCUT2D eigenvalue weighted by molar-refractivity contribution is -0.126. The number of anilines is 1. The number of benzene rings is 1. The summed E-state index contributed by atoms with van der Waals surface area (Å²) in [6.07, 6.45) is 2.36. The fourth-order valence-corrected chi connectivity index (χ4v) is 3.98. The molecule has 3 rings (SSSR count). The summed E-state index contributed by atoms with van der Waals surface area (Å²) in [7, 11) is 2.67. The minimum Gasteiger partial charge on any atom is -0.471 e. The lowest BCUT2D eigenvalue weighted by atomic mass is 10.1. The molecular weight excluding hydrogens is 631 g/mol. The van der Waals surface area contributed by atoms with Crippen LogP contribution < -0.4 is 10.7 Å². The predicted octanol–water partition coefficient (Wildman–Crippen LogP) is 5.20. The van der Waals surface area contributed by atoms with Crippen molar-refractivity contribution in [1.29, 1.82) is 0 Å². The zero-order valence-electron chi connectivity index (χ0n) is 22.0. The van der Waals surface area contributed by atoms with E-state index < -0.39 is 17.9 Å². The Hall–Kier alpha value is -3.68. The minimum atomic E-state index is -0.720. The van der Waals surface area contributed by atoms with Crippen LogP contribution in [0.4, 0.5) is 10.5 Å². The highest BCUT2D eigenvalue weighted by molar-refractivity contribution is 9.10. The van der Waals surface area contributed by atoms with E-state index in [0.717, 1.165) is 11.4 Å². The second-order valence-electron chi connectivity index (χ2n) is 7.97. The standard InChI is InChI=1S/C23H23BrCl2N6O4.C2H4O2/c1-4-5-9-36-23(35)31(3)30-21(33)15-11-14(25)10-13(2)19(15)28-22(34)17-12-18(24)29-32(17)20-16(26)7-6-8-27-20;1-4-2-3/h6-8,10-12H,4-5,9H2,1-3H3,(H,28,34)(H,30,33);2H,1H3. The molecule has 0 atom stereocenters. The molecule has 214 valence electrons. The van der Waals surface area contributed by atoms with E-state index in [2.05, 4.69) is 41.5 Å². The molecule has 0 saturated heterocycles. The molecule has 0 aliphatic heterocycles. The van der Waals surface area contributed by atoms with Gasteiger partial charge in [-0.05, 0) is 59.1 Å². The maximum Gasteiger partial charge on any atom is 0.428 e. The molecule has 40 heavy (non-hydrogen) atoms. The lowest BCUT2D eigenvalue weighted by Gasteiger charge is -2.20. The number of ether oxygens (including phenoxy) is 2. The summed E-state index contributed by atoms with van der Waals surface area (Å²) < 4.78 is 10.6. The average molecular weight is 658 g/mol. The number of hydrogen-bond acceptors (Lipinski definition) is 8. The number of pyridine rings is 1. The summed E-state index contributed by atoms with van der Waals surface area (Å²) in [4.78, 5) is 51.6. The number of hydrogen-bond donors (Lipinski definition) is 2. The number of amides is 3.